The number of ether oxygens (including phenoxy) is 1. The summed E-state index contributed by atoms with van der Waals surface area (Å²) in [6.07, 6.45) is -5.52. The van der Waals surface area contributed by atoms with Crippen molar-refractivity contribution in [2.24, 2.45) is 5.92 Å². The van der Waals surface area contributed by atoms with Crippen molar-refractivity contribution in [3.8, 4) is 0 Å². The third-order valence-corrected chi connectivity index (χ3v) is 1.71. The Kier molecular flexibility index (Phi) is 5.76. The predicted octanol–water partition coefficient (Wildman–Crippen LogP) is 2.57. The summed E-state index contributed by atoms with van der Waals surface area (Å²) in [5, 5.41) is 0. The lowest BCUT2D eigenvalue weighted by atomic mass is 10.0. The van der Waals surface area contributed by atoms with E-state index < -0.39 is 19.0 Å². The maximum Gasteiger partial charge on any atom is 0.389 e. The first-order valence-electron chi connectivity index (χ1n) is 4.42. The number of carbonyl (C=O) groups excluding carboxylic acids is 1. The minimum atomic E-state index is -4.24. The van der Waals surface area contributed by atoms with Gasteiger partial charge in [0.15, 0.2) is 0 Å². The Balaban J connectivity index is 3.65. The van der Waals surface area contributed by atoms with Crippen LogP contribution < -0.4 is 0 Å². The lowest BCUT2D eigenvalue weighted by Gasteiger charge is -2.09. The van der Waals surface area contributed by atoms with Gasteiger partial charge in [-0.05, 0) is 5.92 Å². The molecule has 0 saturated heterocycles. The molecule has 0 spiro atoms. The maximum absolute atomic E-state index is 11.7. The SMILES string of the molecule is COCC(C)CC(=O)CCC(F)(F)F. The van der Waals surface area contributed by atoms with Gasteiger partial charge in [0.2, 0.25) is 0 Å². The smallest absolute Gasteiger partial charge is 0.384 e. The van der Waals surface area contributed by atoms with Gasteiger partial charge >= 0.3 is 6.18 Å². The van der Waals surface area contributed by atoms with E-state index in [9.17, 15) is 18.0 Å². The van der Waals surface area contributed by atoms with Crippen LogP contribution in [0.25, 0.3) is 0 Å². The highest BCUT2D eigenvalue weighted by molar-refractivity contribution is 5.78. The van der Waals surface area contributed by atoms with Gasteiger partial charge in [0.25, 0.3) is 0 Å². The fourth-order valence-electron chi connectivity index (χ4n) is 1.12. The predicted molar refractivity (Wildman–Crippen MR) is 46.0 cm³/mol. The Morgan fingerprint density at radius 3 is 2.43 bits per heavy atom. The Bertz CT molecular complexity index is 177. The van der Waals surface area contributed by atoms with E-state index in [0.29, 0.717) is 6.61 Å². The average molecular weight is 212 g/mol. The molecule has 0 rings (SSSR count). The van der Waals surface area contributed by atoms with Crippen LogP contribution in [0, 0.1) is 5.92 Å². The van der Waals surface area contributed by atoms with Crippen LogP contribution in [-0.2, 0) is 9.53 Å². The quantitative estimate of drug-likeness (QED) is 0.676. The van der Waals surface area contributed by atoms with Gasteiger partial charge in [-0.3, -0.25) is 4.79 Å². The number of hydrogen-bond donors (Lipinski definition) is 0. The molecule has 1 unspecified atom stereocenters. The normalized spacial score (nSPS) is 14.1. The van der Waals surface area contributed by atoms with Crippen LogP contribution in [0.2, 0.25) is 0 Å². The Hall–Kier alpha value is -0.580. The van der Waals surface area contributed by atoms with Crippen LogP contribution in [0.15, 0.2) is 0 Å². The molecule has 0 N–H and O–H groups in total. The zero-order chi connectivity index (χ0) is 11.2. The number of rotatable bonds is 6. The first-order chi connectivity index (χ1) is 6.35. The van der Waals surface area contributed by atoms with Crippen LogP contribution in [0.4, 0.5) is 13.2 Å². The summed E-state index contributed by atoms with van der Waals surface area (Å²) >= 11 is 0. The molecule has 0 aromatic heterocycles. The third-order valence-electron chi connectivity index (χ3n) is 1.71. The number of carbonyl (C=O) groups is 1. The molecule has 0 aliphatic carbocycles. The molecule has 1 atom stereocenters. The fraction of sp³-hybridized carbons (Fsp3) is 0.889. The minimum Gasteiger partial charge on any atom is -0.384 e. The standard InChI is InChI=1S/C9H15F3O2/c1-7(6-14-2)5-8(13)3-4-9(10,11)12/h7H,3-6H2,1-2H3. The van der Waals surface area contributed by atoms with Gasteiger partial charge in [-0.1, -0.05) is 6.92 Å². The second-order valence-electron chi connectivity index (χ2n) is 3.42. The third kappa shape index (κ3) is 8.04. The molecule has 0 saturated carbocycles. The topological polar surface area (TPSA) is 26.3 Å². The number of methoxy groups -OCH3 is 1. The molecule has 0 aliphatic heterocycles. The molecular weight excluding hydrogens is 197 g/mol. The Morgan fingerprint density at radius 1 is 1.43 bits per heavy atom. The molecule has 2 nitrogen and oxygen atoms in total. The van der Waals surface area contributed by atoms with Gasteiger partial charge in [0, 0.05) is 26.6 Å². The van der Waals surface area contributed by atoms with Crippen LogP contribution >= 0.6 is 0 Å². The molecule has 0 fully saturated rings. The van der Waals surface area contributed by atoms with E-state index >= 15 is 0 Å². The van der Waals surface area contributed by atoms with Crippen molar-refractivity contribution in [1.29, 1.82) is 0 Å². The van der Waals surface area contributed by atoms with Crippen molar-refractivity contribution >= 4 is 5.78 Å². The highest BCUT2D eigenvalue weighted by Gasteiger charge is 2.27. The second-order valence-corrected chi connectivity index (χ2v) is 3.42. The summed E-state index contributed by atoms with van der Waals surface area (Å²) in [4.78, 5) is 11.0. The second kappa shape index (κ2) is 6.01. The molecule has 0 aromatic carbocycles. The van der Waals surface area contributed by atoms with Crippen LogP contribution in [0.5, 0.6) is 0 Å². The first kappa shape index (κ1) is 13.4. The van der Waals surface area contributed by atoms with Gasteiger partial charge < -0.3 is 4.74 Å². The van der Waals surface area contributed by atoms with Crippen LogP contribution in [0.3, 0.4) is 0 Å². The fourth-order valence-corrected chi connectivity index (χ4v) is 1.12. The summed E-state index contributed by atoms with van der Waals surface area (Å²) in [6.45, 7) is 2.17. The van der Waals surface area contributed by atoms with Crippen molar-refractivity contribution in [3.63, 3.8) is 0 Å². The Morgan fingerprint density at radius 2 is 2.00 bits per heavy atom. The summed E-state index contributed by atoms with van der Waals surface area (Å²) in [7, 11) is 1.50. The van der Waals surface area contributed by atoms with Crippen molar-refractivity contribution in [1.82, 2.24) is 0 Å². The molecule has 0 aromatic rings. The largest absolute Gasteiger partial charge is 0.389 e. The molecule has 14 heavy (non-hydrogen) atoms. The van der Waals surface area contributed by atoms with E-state index in [4.69, 9.17) is 4.74 Å². The molecular formula is C9H15F3O2. The highest BCUT2D eigenvalue weighted by atomic mass is 19.4. The summed E-state index contributed by atoms with van der Waals surface area (Å²) in [6, 6.07) is 0. The number of ketones is 1. The van der Waals surface area contributed by atoms with E-state index in [1.54, 1.807) is 6.92 Å². The molecule has 0 bridgehead atoms. The summed E-state index contributed by atoms with van der Waals surface area (Å²) in [5.41, 5.74) is 0. The van der Waals surface area contributed by atoms with Crippen LogP contribution in [0.1, 0.15) is 26.2 Å². The van der Waals surface area contributed by atoms with Gasteiger partial charge in [0.05, 0.1) is 6.42 Å². The average Bonchev–Trinajstić information content (AvgIpc) is 2.00. The lowest BCUT2D eigenvalue weighted by Crippen LogP contribution is -2.14. The summed E-state index contributed by atoms with van der Waals surface area (Å²) in [5.74, 6) is -0.368. The van der Waals surface area contributed by atoms with Gasteiger partial charge in [-0.25, -0.2) is 0 Å². The highest BCUT2D eigenvalue weighted by Crippen LogP contribution is 2.22. The van der Waals surface area contributed by atoms with Crippen LogP contribution in [-0.4, -0.2) is 25.7 Å². The number of hydrogen-bond acceptors (Lipinski definition) is 2. The molecule has 0 aliphatic rings. The minimum absolute atomic E-state index is 0.0132. The maximum atomic E-state index is 11.7. The van der Waals surface area contributed by atoms with Crippen molar-refractivity contribution in [3.05, 3.63) is 0 Å². The lowest BCUT2D eigenvalue weighted by molar-refractivity contribution is -0.143. The Labute approximate surface area is 81.4 Å². The van der Waals surface area contributed by atoms with Crippen molar-refractivity contribution < 1.29 is 22.7 Å². The summed E-state index contributed by atoms with van der Waals surface area (Å²) < 4.78 is 39.9. The molecule has 0 radical (unpaired) electrons. The van der Waals surface area contributed by atoms with Gasteiger partial charge in [-0.15, -0.1) is 0 Å². The molecule has 5 heteroatoms. The van der Waals surface area contributed by atoms with E-state index in [1.165, 1.54) is 7.11 Å². The van der Waals surface area contributed by atoms with Gasteiger partial charge in [0.1, 0.15) is 5.78 Å². The molecule has 0 amide bonds. The monoisotopic (exact) mass is 212 g/mol. The van der Waals surface area contributed by atoms with Crippen molar-refractivity contribution in [2.75, 3.05) is 13.7 Å². The number of alkyl halides is 3. The van der Waals surface area contributed by atoms with E-state index in [-0.39, 0.29) is 18.1 Å². The zero-order valence-electron chi connectivity index (χ0n) is 8.36. The van der Waals surface area contributed by atoms with Crippen molar-refractivity contribution in [2.45, 2.75) is 32.4 Å². The van der Waals surface area contributed by atoms with E-state index in [0.717, 1.165) is 0 Å². The molecule has 0 heterocycles. The number of Topliss-reactive ketones (excluding diaryl/α,β-unsaturated/α-hetero) is 1. The molecule has 84 valence electrons. The van der Waals surface area contributed by atoms with E-state index in [1.807, 2.05) is 0 Å². The van der Waals surface area contributed by atoms with E-state index in [2.05, 4.69) is 0 Å². The number of halogens is 3. The first-order valence-corrected chi connectivity index (χ1v) is 4.42. The van der Waals surface area contributed by atoms with Gasteiger partial charge in [-0.2, -0.15) is 13.2 Å². The zero-order valence-corrected chi connectivity index (χ0v) is 8.36.